The zero-order valence-corrected chi connectivity index (χ0v) is 17.6. The predicted molar refractivity (Wildman–Crippen MR) is 108 cm³/mol. The number of ether oxygens (including phenoxy) is 2. The average Bonchev–Trinajstić information content (AvgIpc) is 2.67. The molecule has 6 nitrogen and oxygen atoms in total. The van der Waals surface area contributed by atoms with Crippen LogP contribution >= 0.6 is 0 Å². The highest BCUT2D eigenvalue weighted by atomic mass is 19.1. The molecule has 0 radical (unpaired) electrons. The minimum atomic E-state index is -0.952. The Kier molecular flexibility index (Phi) is 6.48. The number of halogens is 1. The highest BCUT2D eigenvalue weighted by Crippen LogP contribution is 2.45. The Morgan fingerprint density at radius 1 is 1.17 bits per heavy atom. The fraction of sp³-hybridized carbons (Fsp3) is 0.478. The van der Waals surface area contributed by atoms with Gasteiger partial charge in [0.2, 0.25) is 0 Å². The SMILES string of the molecule is CCOC(=O)C1=C(C)N=C2C[C@@H](C)[C@@H](C(=O)OCC)C(=O)C2[C@@H]1c1cccc(F)c1. The van der Waals surface area contributed by atoms with Crippen molar-refractivity contribution in [3.8, 4) is 0 Å². The fourth-order valence-electron chi connectivity index (χ4n) is 4.48. The van der Waals surface area contributed by atoms with Gasteiger partial charge in [-0.05, 0) is 50.8 Å². The number of aliphatic imine (C=N–C) groups is 1. The van der Waals surface area contributed by atoms with Crippen LogP contribution in [0.4, 0.5) is 4.39 Å². The first-order valence-electron chi connectivity index (χ1n) is 10.2. The van der Waals surface area contributed by atoms with Gasteiger partial charge in [-0.15, -0.1) is 0 Å². The van der Waals surface area contributed by atoms with E-state index in [2.05, 4.69) is 4.99 Å². The van der Waals surface area contributed by atoms with Gasteiger partial charge in [-0.25, -0.2) is 9.18 Å². The molecule has 0 N–H and O–H groups in total. The zero-order chi connectivity index (χ0) is 22.0. The number of ketones is 1. The van der Waals surface area contributed by atoms with Gasteiger partial charge in [-0.3, -0.25) is 14.6 Å². The van der Waals surface area contributed by atoms with Gasteiger partial charge in [0, 0.05) is 17.3 Å². The number of carbonyl (C=O) groups is 3. The van der Waals surface area contributed by atoms with Gasteiger partial charge in [0.15, 0.2) is 5.78 Å². The van der Waals surface area contributed by atoms with Gasteiger partial charge in [0.25, 0.3) is 0 Å². The molecule has 0 saturated heterocycles. The quantitative estimate of drug-likeness (QED) is 0.542. The lowest BCUT2D eigenvalue weighted by atomic mass is 9.64. The molecule has 1 fully saturated rings. The second-order valence-corrected chi connectivity index (χ2v) is 7.65. The van der Waals surface area contributed by atoms with Crippen molar-refractivity contribution in [1.82, 2.24) is 0 Å². The van der Waals surface area contributed by atoms with Crippen molar-refractivity contribution in [1.29, 1.82) is 0 Å². The molecule has 1 unspecified atom stereocenters. The molecule has 0 amide bonds. The normalized spacial score (nSPS) is 26.0. The van der Waals surface area contributed by atoms with Gasteiger partial charge < -0.3 is 9.47 Å². The number of Topliss-reactive ketones (excluding diaryl/α,β-unsaturated/α-hetero) is 1. The number of allylic oxidation sites excluding steroid dienone is 1. The topological polar surface area (TPSA) is 82.0 Å². The van der Waals surface area contributed by atoms with Gasteiger partial charge in [-0.1, -0.05) is 19.1 Å². The van der Waals surface area contributed by atoms with Crippen LogP contribution in [0, 0.1) is 23.6 Å². The largest absolute Gasteiger partial charge is 0.465 e. The Balaban J connectivity index is 2.15. The molecule has 1 aromatic rings. The third-order valence-electron chi connectivity index (χ3n) is 5.66. The molecule has 1 aliphatic heterocycles. The van der Waals surface area contributed by atoms with E-state index in [-0.39, 0.29) is 30.5 Å². The van der Waals surface area contributed by atoms with Crippen LogP contribution < -0.4 is 0 Å². The lowest BCUT2D eigenvalue weighted by Crippen LogP contribution is -2.49. The molecule has 4 atom stereocenters. The van der Waals surface area contributed by atoms with Gasteiger partial charge in [0.1, 0.15) is 11.7 Å². The molecule has 0 spiro atoms. The zero-order valence-electron chi connectivity index (χ0n) is 17.6. The van der Waals surface area contributed by atoms with Gasteiger partial charge in [-0.2, -0.15) is 0 Å². The third kappa shape index (κ3) is 3.93. The molecule has 30 heavy (non-hydrogen) atoms. The van der Waals surface area contributed by atoms with Crippen LogP contribution in [0.5, 0.6) is 0 Å². The highest BCUT2D eigenvalue weighted by molar-refractivity contribution is 6.17. The lowest BCUT2D eigenvalue weighted by molar-refractivity contribution is -0.154. The van der Waals surface area contributed by atoms with Crippen LogP contribution in [0.25, 0.3) is 0 Å². The van der Waals surface area contributed by atoms with Gasteiger partial charge >= 0.3 is 11.9 Å². The van der Waals surface area contributed by atoms with Crippen molar-refractivity contribution in [3.63, 3.8) is 0 Å². The van der Waals surface area contributed by atoms with Crippen LogP contribution in [-0.2, 0) is 23.9 Å². The minimum absolute atomic E-state index is 0.156. The summed E-state index contributed by atoms with van der Waals surface area (Å²) in [5.74, 6) is -4.85. The monoisotopic (exact) mass is 415 g/mol. The van der Waals surface area contributed by atoms with E-state index in [0.717, 1.165) is 0 Å². The maximum absolute atomic E-state index is 14.1. The van der Waals surface area contributed by atoms with Crippen molar-refractivity contribution < 1.29 is 28.2 Å². The molecule has 1 heterocycles. The number of hydrogen-bond acceptors (Lipinski definition) is 6. The molecule has 160 valence electrons. The Labute approximate surface area is 175 Å². The van der Waals surface area contributed by atoms with E-state index < -0.39 is 35.5 Å². The number of hydrogen-bond donors (Lipinski definition) is 0. The summed E-state index contributed by atoms with van der Waals surface area (Å²) in [5, 5.41) is 0. The first-order valence-corrected chi connectivity index (χ1v) is 10.2. The summed E-state index contributed by atoms with van der Waals surface area (Å²) in [7, 11) is 0. The van der Waals surface area contributed by atoms with E-state index in [0.29, 0.717) is 23.4 Å². The minimum Gasteiger partial charge on any atom is -0.465 e. The second kappa shape index (κ2) is 8.90. The van der Waals surface area contributed by atoms with Crippen molar-refractivity contribution >= 4 is 23.4 Å². The van der Waals surface area contributed by atoms with E-state index in [1.165, 1.54) is 18.2 Å². The van der Waals surface area contributed by atoms with E-state index in [9.17, 15) is 18.8 Å². The highest BCUT2D eigenvalue weighted by Gasteiger charge is 2.51. The van der Waals surface area contributed by atoms with E-state index in [1.807, 2.05) is 6.92 Å². The summed E-state index contributed by atoms with van der Waals surface area (Å²) >= 11 is 0. The fourth-order valence-corrected chi connectivity index (χ4v) is 4.48. The van der Waals surface area contributed by atoms with Crippen molar-refractivity contribution in [2.24, 2.45) is 22.7 Å². The maximum atomic E-state index is 14.1. The lowest BCUT2D eigenvalue weighted by Gasteiger charge is -2.40. The summed E-state index contributed by atoms with van der Waals surface area (Å²) in [6, 6.07) is 5.82. The molecule has 3 rings (SSSR count). The molecule has 2 aliphatic rings. The molecule has 0 aromatic heterocycles. The number of benzene rings is 1. The summed E-state index contributed by atoms with van der Waals surface area (Å²) in [5.41, 5.74) is 1.75. The maximum Gasteiger partial charge on any atom is 0.336 e. The summed E-state index contributed by atoms with van der Waals surface area (Å²) in [6.45, 7) is 7.20. The Morgan fingerprint density at radius 3 is 2.50 bits per heavy atom. The van der Waals surface area contributed by atoms with E-state index in [1.54, 1.807) is 26.8 Å². The van der Waals surface area contributed by atoms with Crippen LogP contribution in [-0.4, -0.2) is 36.6 Å². The standard InChI is InChI=1S/C23H26FNO5/c1-5-29-22(27)17-12(3)10-16-20(21(17)26)19(14-8-7-9-15(24)11-14)18(13(4)25-16)23(28)30-6-2/h7-9,11-12,17,19-20H,5-6,10H2,1-4H3/t12-,17-,19-,20?/m1/s1. The molecule has 1 aromatic carbocycles. The van der Waals surface area contributed by atoms with Crippen molar-refractivity contribution in [3.05, 3.63) is 46.9 Å². The first-order chi connectivity index (χ1) is 14.3. The number of nitrogens with zero attached hydrogens (tertiary/aromatic N) is 1. The Hall–Kier alpha value is -2.83. The Bertz CT molecular complexity index is 935. The van der Waals surface area contributed by atoms with Crippen LogP contribution in [0.15, 0.2) is 40.5 Å². The number of carbonyl (C=O) groups excluding carboxylic acids is 3. The van der Waals surface area contributed by atoms with Gasteiger partial charge in [0.05, 0.1) is 24.7 Å². The van der Waals surface area contributed by atoms with E-state index >= 15 is 0 Å². The van der Waals surface area contributed by atoms with Crippen molar-refractivity contribution in [2.45, 2.75) is 40.0 Å². The predicted octanol–water partition coefficient (Wildman–Crippen LogP) is 3.61. The summed E-state index contributed by atoms with van der Waals surface area (Å²) in [6.07, 6.45) is 0.416. The Morgan fingerprint density at radius 2 is 1.87 bits per heavy atom. The van der Waals surface area contributed by atoms with Crippen molar-refractivity contribution in [2.75, 3.05) is 13.2 Å². The average molecular weight is 415 g/mol. The van der Waals surface area contributed by atoms with Crippen LogP contribution in [0.2, 0.25) is 0 Å². The molecule has 0 bridgehead atoms. The number of esters is 2. The summed E-state index contributed by atoms with van der Waals surface area (Å²) in [4.78, 5) is 43.4. The second-order valence-electron chi connectivity index (χ2n) is 7.65. The third-order valence-corrected chi connectivity index (χ3v) is 5.66. The number of rotatable bonds is 5. The number of fused-ring (bicyclic) bond motifs is 1. The molecule has 7 heteroatoms. The smallest absolute Gasteiger partial charge is 0.336 e. The first kappa shape index (κ1) is 21.9. The van der Waals surface area contributed by atoms with E-state index in [4.69, 9.17) is 9.47 Å². The van der Waals surface area contributed by atoms with Crippen LogP contribution in [0.1, 0.15) is 45.6 Å². The molecule has 1 aliphatic carbocycles. The molecular formula is C23H26FNO5. The van der Waals surface area contributed by atoms with Crippen LogP contribution in [0.3, 0.4) is 0 Å². The molecular weight excluding hydrogens is 389 g/mol. The summed E-state index contributed by atoms with van der Waals surface area (Å²) < 4.78 is 24.4. The molecule has 1 saturated carbocycles.